The van der Waals surface area contributed by atoms with E-state index < -0.39 is 23.2 Å². The summed E-state index contributed by atoms with van der Waals surface area (Å²) in [7, 11) is 0. The molecule has 1 aromatic carbocycles. The zero-order chi connectivity index (χ0) is 13.3. The third-order valence-electron chi connectivity index (χ3n) is 2.33. The van der Waals surface area contributed by atoms with Crippen LogP contribution in [0.3, 0.4) is 0 Å². The number of hydrogen-bond donors (Lipinski definition) is 1. The van der Waals surface area contributed by atoms with Gasteiger partial charge in [0.2, 0.25) is 0 Å². The van der Waals surface area contributed by atoms with Crippen molar-refractivity contribution in [1.29, 1.82) is 0 Å². The second-order valence-corrected chi connectivity index (χ2v) is 3.92. The Morgan fingerprint density at radius 1 is 1.22 bits per heavy atom. The van der Waals surface area contributed by atoms with Gasteiger partial charge in [0.05, 0.1) is 10.6 Å². The number of aromatic carboxylic acids is 1. The molecular weight excluding hydrogens is 264 g/mol. The van der Waals surface area contributed by atoms with Gasteiger partial charge in [0.15, 0.2) is 11.6 Å². The first-order valence-corrected chi connectivity index (χ1v) is 5.20. The fourth-order valence-corrected chi connectivity index (χ4v) is 1.67. The van der Waals surface area contributed by atoms with Gasteiger partial charge in [-0.2, -0.15) is 0 Å². The van der Waals surface area contributed by atoms with Crippen LogP contribution in [0.4, 0.5) is 8.78 Å². The number of pyridine rings is 1. The Kier molecular flexibility index (Phi) is 3.25. The Bertz CT molecular complexity index is 631. The van der Waals surface area contributed by atoms with E-state index in [1.807, 2.05) is 0 Å². The molecule has 0 spiro atoms. The molecule has 2 aromatic rings. The molecule has 1 N–H and O–H groups in total. The van der Waals surface area contributed by atoms with Crippen molar-refractivity contribution >= 4 is 17.6 Å². The van der Waals surface area contributed by atoms with E-state index in [9.17, 15) is 13.6 Å². The molecule has 2 rings (SSSR count). The predicted molar refractivity (Wildman–Crippen MR) is 61.6 cm³/mol. The fraction of sp³-hybridized carbons (Fsp3) is 0. The molecule has 0 bridgehead atoms. The maximum atomic E-state index is 13.7. The lowest BCUT2D eigenvalue weighted by Gasteiger charge is -2.06. The highest BCUT2D eigenvalue weighted by atomic mass is 35.5. The summed E-state index contributed by atoms with van der Waals surface area (Å²) in [6.07, 6.45) is 2.66. The lowest BCUT2D eigenvalue weighted by atomic mass is 10.0. The molecule has 0 amide bonds. The highest BCUT2D eigenvalue weighted by molar-refractivity contribution is 6.30. The van der Waals surface area contributed by atoms with Crippen LogP contribution in [0.2, 0.25) is 5.02 Å². The first kappa shape index (κ1) is 12.4. The molecular formula is C12H6ClF2NO2. The maximum Gasteiger partial charge on any atom is 0.338 e. The average Bonchev–Trinajstić information content (AvgIpc) is 2.32. The molecule has 92 valence electrons. The van der Waals surface area contributed by atoms with E-state index in [2.05, 4.69) is 4.98 Å². The molecule has 3 nitrogen and oxygen atoms in total. The molecule has 0 atom stereocenters. The largest absolute Gasteiger partial charge is 0.478 e. The monoisotopic (exact) mass is 269 g/mol. The molecule has 1 aromatic heterocycles. The first-order valence-electron chi connectivity index (χ1n) is 4.83. The Morgan fingerprint density at radius 3 is 2.56 bits per heavy atom. The van der Waals surface area contributed by atoms with Gasteiger partial charge in [-0.25, -0.2) is 13.6 Å². The standard InChI is InChI=1S/C12H6ClF2NO2/c13-7-3-6(4-16-5-7)8-1-2-9(12(17)18)11(15)10(8)14/h1-5H,(H,17,18). The van der Waals surface area contributed by atoms with E-state index in [-0.39, 0.29) is 16.1 Å². The topological polar surface area (TPSA) is 50.2 Å². The summed E-state index contributed by atoms with van der Waals surface area (Å²) in [5.41, 5.74) is -0.533. The molecule has 0 aliphatic rings. The zero-order valence-electron chi connectivity index (χ0n) is 8.82. The summed E-state index contributed by atoms with van der Waals surface area (Å²) in [5, 5.41) is 8.93. The van der Waals surface area contributed by atoms with Crippen molar-refractivity contribution in [1.82, 2.24) is 4.98 Å². The second kappa shape index (κ2) is 4.70. The molecule has 0 aliphatic carbocycles. The van der Waals surface area contributed by atoms with Crippen LogP contribution in [0.1, 0.15) is 10.4 Å². The molecule has 0 fully saturated rings. The summed E-state index contributed by atoms with van der Waals surface area (Å²) in [4.78, 5) is 14.4. The summed E-state index contributed by atoms with van der Waals surface area (Å²) in [6, 6.07) is 3.58. The van der Waals surface area contributed by atoms with Gasteiger partial charge < -0.3 is 5.11 Å². The first-order chi connectivity index (χ1) is 8.50. The van der Waals surface area contributed by atoms with Crippen molar-refractivity contribution in [2.45, 2.75) is 0 Å². The minimum Gasteiger partial charge on any atom is -0.478 e. The molecule has 1 heterocycles. The maximum absolute atomic E-state index is 13.7. The molecule has 0 radical (unpaired) electrons. The van der Waals surface area contributed by atoms with E-state index in [1.54, 1.807) is 0 Å². The normalized spacial score (nSPS) is 10.4. The van der Waals surface area contributed by atoms with E-state index in [1.165, 1.54) is 24.5 Å². The summed E-state index contributed by atoms with van der Waals surface area (Å²) in [5.74, 6) is -4.17. The summed E-state index contributed by atoms with van der Waals surface area (Å²) < 4.78 is 27.2. The number of carbonyl (C=O) groups is 1. The summed E-state index contributed by atoms with van der Waals surface area (Å²) >= 11 is 5.70. The number of aromatic nitrogens is 1. The van der Waals surface area contributed by atoms with Crippen LogP contribution >= 0.6 is 11.6 Å². The van der Waals surface area contributed by atoms with Gasteiger partial charge in [-0.3, -0.25) is 4.98 Å². The SMILES string of the molecule is O=C(O)c1ccc(-c2cncc(Cl)c2)c(F)c1F. The highest BCUT2D eigenvalue weighted by Crippen LogP contribution is 2.27. The molecule has 0 saturated carbocycles. The van der Waals surface area contributed by atoms with E-state index in [4.69, 9.17) is 16.7 Å². The zero-order valence-corrected chi connectivity index (χ0v) is 9.58. The minimum atomic E-state index is -1.53. The van der Waals surface area contributed by atoms with Crippen LogP contribution in [0, 0.1) is 11.6 Å². The molecule has 0 aliphatic heterocycles. The van der Waals surface area contributed by atoms with Crippen molar-refractivity contribution in [2.75, 3.05) is 0 Å². The van der Waals surface area contributed by atoms with E-state index in [0.717, 1.165) is 6.07 Å². The number of carboxylic acids is 1. The molecule has 18 heavy (non-hydrogen) atoms. The minimum absolute atomic E-state index is 0.0903. The van der Waals surface area contributed by atoms with Crippen molar-refractivity contribution in [3.63, 3.8) is 0 Å². The van der Waals surface area contributed by atoms with Gasteiger partial charge in [0.25, 0.3) is 0 Å². The van der Waals surface area contributed by atoms with Crippen LogP contribution in [-0.4, -0.2) is 16.1 Å². The quantitative estimate of drug-likeness (QED) is 0.909. The highest BCUT2D eigenvalue weighted by Gasteiger charge is 2.18. The number of hydrogen-bond acceptors (Lipinski definition) is 2. The van der Waals surface area contributed by atoms with Gasteiger partial charge >= 0.3 is 5.97 Å². The van der Waals surface area contributed by atoms with Crippen LogP contribution in [0.15, 0.2) is 30.6 Å². The van der Waals surface area contributed by atoms with Crippen molar-refractivity contribution in [2.24, 2.45) is 0 Å². The number of halogens is 3. The number of carboxylic acid groups (broad SMARTS) is 1. The number of nitrogens with zero attached hydrogens (tertiary/aromatic N) is 1. The Morgan fingerprint density at radius 2 is 1.94 bits per heavy atom. The van der Waals surface area contributed by atoms with Crippen LogP contribution in [0.5, 0.6) is 0 Å². The Hall–Kier alpha value is -2.01. The van der Waals surface area contributed by atoms with Gasteiger partial charge in [-0.05, 0) is 12.1 Å². The van der Waals surface area contributed by atoms with E-state index in [0.29, 0.717) is 0 Å². The van der Waals surface area contributed by atoms with Crippen LogP contribution in [0.25, 0.3) is 11.1 Å². The average molecular weight is 270 g/mol. The van der Waals surface area contributed by atoms with Gasteiger partial charge in [-0.15, -0.1) is 0 Å². The predicted octanol–water partition coefficient (Wildman–Crippen LogP) is 3.38. The molecule has 0 saturated heterocycles. The fourth-order valence-electron chi connectivity index (χ4n) is 1.50. The van der Waals surface area contributed by atoms with Gasteiger partial charge in [0, 0.05) is 23.5 Å². The van der Waals surface area contributed by atoms with Crippen molar-refractivity contribution in [3.8, 4) is 11.1 Å². The third-order valence-corrected chi connectivity index (χ3v) is 2.54. The van der Waals surface area contributed by atoms with Crippen molar-refractivity contribution < 1.29 is 18.7 Å². The second-order valence-electron chi connectivity index (χ2n) is 3.49. The summed E-state index contributed by atoms with van der Waals surface area (Å²) in [6.45, 7) is 0. The Balaban J connectivity index is 2.61. The third kappa shape index (κ3) is 2.17. The Labute approximate surface area is 106 Å². The smallest absolute Gasteiger partial charge is 0.338 e. The molecule has 0 unspecified atom stereocenters. The van der Waals surface area contributed by atoms with Gasteiger partial charge in [-0.1, -0.05) is 17.7 Å². The van der Waals surface area contributed by atoms with Crippen LogP contribution < -0.4 is 0 Å². The van der Waals surface area contributed by atoms with Crippen LogP contribution in [-0.2, 0) is 0 Å². The molecule has 6 heteroatoms. The van der Waals surface area contributed by atoms with Crippen molar-refractivity contribution in [3.05, 3.63) is 52.8 Å². The number of benzene rings is 1. The van der Waals surface area contributed by atoms with Gasteiger partial charge in [0.1, 0.15) is 0 Å². The van der Waals surface area contributed by atoms with E-state index >= 15 is 0 Å². The lowest BCUT2D eigenvalue weighted by molar-refractivity contribution is 0.0690. The number of rotatable bonds is 2. The lowest BCUT2D eigenvalue weighted by Crippen LogP contribution is -2.03.